The molecule has 1 amide bonds. The first kappa shape index (κ1) is 25.2. The van der Waals surface area contributed by atoms with Gasteiger partial charge in [0.15, 0.2) is 5.75 Å². The number of rotatable bonds is 10. The molecule has 0 saturated heterocycles. The molecule has 3 rings (SSSR count). The van der Waals surface area contributed by atoms with E-state index in [1.807, 2.05) is 0 Å². The number of nitrogens with zero attached hydrogens (tertiary/aromatic N) is 3. The van der Waals surface area contributed by atoms with Gasteiger partial charge in [0, 0.05) is 11.6 Å². The van der Waals surface area contributed by atoms with E-state index in [1.165, 1.54) is 62.9 Å². The number of nitrogens with one attached hydrogen (secondary N) is 1. The highest BCUT2D eigenvalue weighted by molar-refractivity contribution is 7.92. The van der Waals surface area contributed by atoms with Crippen LogP contribution < -0.4 is 19.2 Å². The molecule has 0 atom stereocenters. The number of sulfonamides is 1. The van der Waals surface area contributed by atoms with Crippen molar-refractivity contribution in [2.24, 2.45) is 5.10 Å². The fourth-order valence-corrected chi connectivity index (χ4v) is 4.48. The topological polar surface area (TPSA) is 140 Å². The number of para-hydroxylation sites is 1. The third-order valence-corrected chi connectivity index (χ3v) is 6.57. The van der Waals surface area contributed by atoms with Gasteiger partial charge in [-0.15, -0.1) is 0 Å². The van der Waals surface area contributed by atoms with Crippen molar-refractivity contribution in [3.63, 3.8) is 0 Å². The van der Waals surface area contributed by atoms with Crippen LogP contribution in [-0.2, 0) is 14.8 Å². The second kappa shape index (κ2) is 11.1. The number of hydrogen-bond donors (Lipinski definition) is 1. The lowest BCUT2D eigenvalue weighted by Gasteiger charge is -2.23. The third kappa shape index (κ3) is 6.12. The number of hydrogen-bond acceptors (Lipinski definition) is 8. The molecule has 11 nitrogen and oxygen atoms in total. The molecule has 3 aromatic carbocycles. The maximum absolute atomic E-state index is 13.3. The van der Waals surface area contributed by atoms with Gasteiger partial charge < -0.3 is 9.47 Å². The van der Waals surface area contributed by atoms with E-state index in [9.17, 15) is 23.3 Å². The van der Waals surface area contributed by atoms with Crippen molar-refractivity contribution in [3.8, 4) is 11.5 Å². The molecular formula is C23H22N4O7S. The molecule has 35 heavy (non-hydrogen) atoms. The Balaban J connectivity index is 1.80. The van der Waals surface area contributed by atoms with Gasteiger partial charge in [0.25, 0.3) is 15.9 Å². The van der Waals surface area contributed by atoms with Crippen LogP contribution in [0.1, 0.15) is 5.56 Å². The molecule has 0 spiro atoms. The number of methoxy groups -OCH3 is 2. The number of nitro benzene ring substituents is 1. The average Bonchev–Trinajstić information content (AvgIpc) is 2.87. The van der Waals surface area contributed by atoms with E-state index in [0.717, 1.165) is 4.31 Å². The summed E-state index contributed by atoms with van der Waals surface area (Å²) in [5.74, 6) is -0.148. The zero-order valence-electron chi connectivity index (χ0n) is 18.8. The van der Waals surface area contributed by atoms with Crippen LogP contribution in [0.2, 0.25) is 0 Å². The predicted octanol–water partition coefficient (Wildman–Crippen LogP) is 2.96. The highest BCUT2D eigenvalue weighted by Crippen LogP contribution is 2.27. The minimum absolute atomic E-state index is 0.0241. The van der Waals surface area contributed by atoms with Crippen LogP contribution in [0.15, 0.2) is 82.8 Å². The number of ether oxygens (including phenoxy) is 2. The Bertz CT molecular complexity index is 1330. The average molecular weight is 499 g/mol. The summed E-state index contributed by atoms with van der Waals surface area (Å²) in [6, 6.07) is 18.1. The molecule has 3 aromatic rings. The Kier molecular flexibility index (Phi) is 8.00. The number of amides is 1. The van der Waals surface area contributed by atoms with E-state index in [-0.39, 0.29) is 22.0 Å². The summed E-state index contributed by atoms with van der Waals surface area (Å²) >= 11 is 0. The molecule has 12 heteroatoms. The zero-order valence-corrected chi connectivity index (χ0v) is 19.6. The van der Waals surface area contributed by atoms with Crippen molar-refractivity contribution in [3.05, 3.63) is 88.5 Å². The van der Waals surface area contributed by atoms with Gasteiger partial charge in [0.1, 0.15) is 12.3 Å². The standard InChI is InChI=1S/C23H22N4O7S/c1-33-19-9-11-20(12-10-19)35(31,32)26(18-6-4-3-5-7-18)16-23(28)25-24-15-17-8-13-22(34-2)21(14-17)27(29)30/h3-15H,16H2,1-2H3,(H,25,28)/b24-15-. The molecule has 0 aliphatic heterocycles. The molecule has 0 bridgehead atoms. The van der Waals surface area contributed by atoms with Crippen molar-refractivity contribution in [1.29, 1.82) is 0 Å². The normalized spacial score (nSPS) is 11.1. The molecule has 182 valence electrons. The molecule has 1 N–H and O–H groups in total. The van der Waals surface area contributed by atoms with Gasteiger partial charge in [0.05, 0.1) is 35.9 Å². The first-order chi connectivity index (χ1) is 16.8. The highest BCUT2D eigenvalue weighted by atomic mass is 32.2. The maximum atomic E-state index is 13.3. The summed E-state index contributed by atoms with van der Waals surface area (Å²) in [5.41, 5.74) is 2.62. The number of carbonyl (C=O) groups excluding carboxylic acids is 1. The van der Waals surface area contributed by atoms with E-state index in [4.69, 9.17) is 9.47 Å². The monoisotopic (exact) mass is 498 g/mol. The smallest absolute Gasteiger partial charge is 0.311 e. The Hall–Kier alpha value is -4.45. The van der Waals surface area contributed by atoms with Gasteiger partial charge in [-0.1, -0.05) is 18.2 Å². The van der Waals surface area contributed by atoms with Gasteiger partial charge in [-0.3, -0.25) is 19.2 Å². The Morgan fingerprint density at radius 1 is 1.06 bits per heavy atom. The van der Waals surface area contributed by atoms with Gasteiger partial charge in [-0.2, -0.15) is 5.10 Å². The largest absolute Gasteiger partial charge is 0.497 e. The number of hydrazone groups is 1. The summed E-state index contributed by atoms with van der Waals surface area (Å²) in [5, 5.41) is 15.0. The highest BCUT2D eigenvalue weighted by Gasteiger charge is 2.27. The SMILES string of the molecule is COc1ccc(S(=O)(=O)N(CC(=O)N/N=C\c2ccc(OC)c([N+](=O)[O-])c2)c2ccccc2)cc1. The molecular weight excluding hydrogens is 476 g/mol. The number of anilines is 1. The molecule has 0 aliphatic carbocycles. The van der Waals surface area contributed by atoms with Crippen molar-refractivity contribution in [2.75, 3.05) is 25.1 Å². The first-order valence-corrected chi connectivity index (χ1v) is 11.6. The molecule has 0 aromatic heterocycles. The van der Waals surface area contributed by atoms with E-state index >= 15 is 0 Å². The Morgan fingerprint density at radius 3 is 2.34 bits per heavy atom. The summed E-state index contributed by atoms with van der Waals surface area (Å²) in [6.07, 6.45) is 1.20. The Labute approximate surface area is 201 Å². The quantitative estimate of drug-likeness (QED) is 0.257. The number of benzene rings is 3. The van der Waals surface area contributed by atoms with Crippen LogP contribution in [0.4, 0.5) is 11.4 Å². The zero-order chi connectivity index (χ0) is 25.4. The minimum Gasteiger partial charge on any atom is -0.497 e. The van der Waals surface area contributed by atoms with Crippen LogP contribution >= 0.6 is 0 Å². The molecule has 0 saturated carbocycles. The molecule has 0 heterocycles. The summed E-state index contributed by atoms with van der Waals surface area (Å²) < 4.78 is 37.6. The van der Waals surface area contributed by atoms with Crippen LogP contribution in [0.3, 0.4) is 0 Å². The third-order valence-electron chi connectivity index (χ3n) is 4.78. The van der Waals surface area contributed by atoms with Crippen LogP contribution in [0.25, 0.3) is 0 Å². The second-order valence-corrected chi connectivity index (χ2v) is 8.87. The first-order valence-electron chi connectivity index (χ1n) is 10.1. The number of nitro groups is 1. The van der Waals surface area contributed by atoms with Crippen molar-refractivity contribution >= 4 is 33.5 Å². The van der Waals surface area contributed by atoms with Crippen LogP contribution in [0, 0.1) is 10.1 Å². The molecule has 0 fully saturated rings. The van der Waals surface area contributed by atoms with Gasteiger partial charge in [-0.05, 0) is 48.5 Å². The Morgan fingerprint density at radius 2 is 1.74 bits per heavy atom. The van der Waals surface area contributed by atoms with Gasteiger partial charge in [-0.25, -0.2) is 13.8 Å². The summed E-state index contributed by atoms with van der Waals surface area (Å²) in [6.45, 7) is -0.557. The van der Waals surface area contributed by atoms with Crippen LogP contribution in [0.5, 0.6) is 11.5 Å². The molecule has 0 unspecified atom stereocenters. The van der Waals surface area contributed by atoms with E-state index in [0.29, 0.717) is 11.3 Å². The van der Waals surface area contributed by atoms with E-state index in [2.05, 4.69) is 10.5 Å². The van der Waals surface area contributed by atoms with E-state index in [1.54, 1.807) is 30.3 Å². The van der Waals surface area contributed by atoms with Crippen molar-refractivity contribution in [2.45, 2.75) is 4.90 Å². The van der Waals surface area contributed by atoms with Crippen molar-refractivity contribution in [1.82, 2.24) is 5.43 Å². The number of carbonyl (C=O) groups is 1. The van der Waals surface area contributed by atoms with E-state index < -0.39 is 27.4 Å². The van der Waals surface area contributed by atoms with Crippen molar-refractivity contribution < 1.29 is 27.6 Å². The minimum atomic E-state index is -4.10. The van der Waals surface area contributed by atoms with Gasteiger partial charge >= 0.3 is 5.69 Å². The second-order valence-electron chi connectivity index (χ2n) is 7.00. The fraction of sp³-hybridized carbons (Fsp3) is 0.130. The lowest BCUT2D eigenvalue weighted by atomic mass is 10.2. The lowest BCUT2D eigenvalue weighted by molar-refractivity contribution is -0.385. The molecule has 0 radical (unpaired) electrons. The lowest BCUT2D eigenvalue weighted by Crippen LogP contribution is -2.39. The van der Waals surface area contributed by atoms with Crippen LogP contribution in [-0.4, -0.2) is 46.2 Å². The maximum Gasteiger partial charge on any atom is 0.311 e. The molecule has 0 aliphatic rings. The predicted molar refractivity (Wildman–Crippen MR) is 129 cm³/mol. The van der Waals surface area contributed by atoms with Gasteiger partial charge in [0.2, 0.25) is 0 Å². The fourth-order valence-electron chi connectivity index (χ4n) is 3.06. The summed E-state index contributed by atoms with van der Waals surface area (Å²) in [4.78, 5) is 23.1. The summed E-state index contributed by atoms with van der Waals surface area (Å²) in [7, 11) is -1.32.